The molecular weight excluding hydrogens is 200 g/mol. The number of nitrogens with two attached hydrogens (primary N) is 1. The molecule has 1 heterocycles. The lowest BCUT2D eigenvalue weighted by atomic mass is 9.91. The normalized spacial score (nSPS) is 28.3. The molecule has 1 aliphatic heterocycles. The van der Waals surface area contributed by atoms with Crippen LogP contribution in [-0.4, -0.2) is 42.8 Å². The Kier molecular flexibility index (Phi) is 5.22. The van der Waals surface area contributed by atoms with Crippen molar-refractivity contribution in [1.82, 2.24) is 4.90 Å². The van der Waals surface area contributed by atoms with E-state index in [9.17, 15) is 0 Å². The Morgan fingerprint density at radius 3 is 2.62 bits per heavy atom. The Morgan fingerprint density at radius 2 is 2.06 bits per heavy atom. The fourth-order valence-corrected chi connectivity index (χ4v) is 2.46. The number of likely N-dealkylation sites (tertiary alicyclic amines) is 1. The molecule has 3 heteroatoms. The van der Waals surface area contributed by atoms with Crippen molar-refractivity contribution >= 4 is 0 Å². The van der Waals surface area contributed by atoms with Crippen molar-refractivity contribution in [3.05, 3.63) is 0 Å². The van der Waals surface area contributed by atoms with Crippen molar-refractivity contribution in [1.29, 1.82) is 0 Å². The number of piperidine rings is 1. The van der Waals surface area contributed by atoms with Crippen LogP contribution in [0.4, 0.5) is 0 Å². The SMILES string of the molecule is CC1CCCN(CCOC(C)(C)C)C1CN. The van der Waals surface area contributed by atoms with E-state index in [2.05, 4.69) is 32.6 Å². The van der Waals surface area contributed by atoms with E-state index in [4.69, 9.17) is 10.5 Å². The third kappa shape index (κ3) is 4.40. The predicted octanol–water partition coefficient (Wildman–Crippen LogP) is 1.86. The Bertz CT molecular complexity index is 201. The molecule has 0 spiro atoms. The summed E-state index contributed by atoms with van der Waals surface area (Å²) in [4.78, 5) is 2.50. The van der Waals surface area contributed by atoms with Crippen LogP contribution in [0.15, 0.2) is 0 Å². The Hall–Kier alpha value is -0.120. The Labute approximate surface area is 100 Å². The average molecular weight is 228 g/mol. The van der Waals surface area contributed by atoms with Gasteiger partial charge in [0.1, 0.15) is 0 Å². The van der Waals surface area contributed by atoms with Crippen molar-refractivity contribution in [2.45, 2.75) is 52.2 Å². The molecule has 2 N–H and O–H groups in total. The molecule has 2 atom stereocenters. The first-order valence-corrected chi connectivity index (χ1v) is 6.52. The lowest BCUT2D eigenvalue weighted by Gasteiger charge is -2.39. The number of ether oxygens (including phenoxy) is 1. The molecule has 0 aliphatic carbocycles. The van der Waals surface area contributed by atoms with Gasteiger partial charge in [0.05, 0.1) is 12.2 Å². The average Bonchev–Trinajstić information content (AvgIpc) is 2.16. The molecule has 0 aromatic heterocycles. The van der Waals surface area contributed by atoms with E-state index in [1.165, 1.54) is 19.4 Å². The first-order valence-electron chi connectivity index (χ1n) is 6.52. The highest BCUT2D eigenvalue weighted by Gasteiger charge is 2.27. The molecule has 0 aromatic rings. The van der Waals surface area contributed by atoms with Gasteiger partial charge in [0.15, 0.2) is 0 Å². The molecule has 1 saturated heterocycles. The van der Waals surface area contributed by atoms with Crippen molar-refractivity contribution in [3.63, 3.8) is 0 Å². The molecule has 3 nitrogen and oxygen atoms in total. The van der Waals surface area contributed by atoms with E-state index in [0.29, 0.717) is 6.04 Å². The minimum Gasteiger partial charge on any atom is -0.375 e. The second-order valence-corrected chi connectivity index (χ2v) is 5.92. The molecule has 16 heavy (non-hydrogen) atoms. The van der Waals surface area contributed by atoms with Crippen molar-refractivity contribution < 1.29 is 4.74 Å². The van der Waals surface area contributed by atoms with Crippen LogP contribution < -0.4 is 5.73 Å². The van der Waals surface area contributed by atoms with Gasteiger partial charge in [-0.2, -0.15) is 0 Å². The predicted molar refractivity (Wildman–Crippen MR) is 68.5 cm³/mol. The zero-order chi connectivity index (χ0) is 12.2. The molecular formula is C13H28N2O. The maximum absolute atomic E-state index is 5.86. The van der Waals surface area contributed by atoms with Gasteiger partial charge < -0.3 is 10.5 Å². The molecule has 1 rings (SSSR count). The molecule has 2 unspecified atom stereocenters. The highest BCUT2D eigenvalue weighted by Crippen LogP contribution is 2.22. The van der Waals surface area contributed by atoms with Gasteiger partial charge in [-0.3, -0.25) is 4.90 Å². The molecule has 0 radical (unpaired) electrons. The van der Waals surface area contributed by atoms with Gasteiger partial charge >= 0.3 is 0 Å². The summed E-state index contributed by atoms with van der Waals surface area (Å²) in [5.41, 5.74) is 5.83. The summed E-state index contributed by atoms with van der Waals surface area (Å²) in [7, 11) is 0. The number of rotatable bonds is 4. The topological polar surface area (TPSA) is 38.5 Å². The first kappa shape index (κ1) is 13.9. The van der Waals surface area contributed by atoms with Gasteiger partial charge in [0.25, 0.3) is 0 Å². The lowest BCUT2D eigenvalue weighted by Crippen LogP contribution is -2.49. The lowest BCUT2D eigenvalue weighted by molar-refractivity contribution is -0.0247. The second-order valence-electron chi connectivity index (χ2n) is 5.92. The number of hydrogen-bond acceptors (Lipinski definition) is 3. The van der Waals surface area contributed by atoms with Crippen LogP contribution in [-0.2, 0) is 4.74 Å². The summed E-state index contributed by atoms with van der Waals surface area (Å²) in [6, 6.07) is 0.553. The van der Waals surface area contributed by atoms with E-state index in [1.54, 1.807) is 0 Å². The van der Waals surface area contributed by atoms with E-state index >= 15 is 0 Å². The van der Waals surface area contributed by atoms with E-state index in [0.717, 1.165) is 25.6 Å². The summed E-state index contributed by atoms with van der Waals surface area (Å²) < 4.78 is 5.78. The first-order chi connectivity index (χ1) is 7.44. The summed E-state index contributed by atoms with van der Waals surface area (Å²) in [6.45, 7) is 12.4. The van der Waals surface area contributed by atoms with Gasteiger partial charge in [-0.15, -0.1) is 0 Å². The highest BCUT2D eigenvalue weighted by atomic mass is 16.5. The maximum atomic E-state index is 5.86. The highest BCUT2D eigenvalue weighted by molar-refractivity contribution is 4.82. The van der Waals surface area contributed by atoms with Gasteiger partial charge in [-0.05, 0) is 46.1 Å². The molecule has 96 valence electrons. The summed E-state index contributed by atoms with van der Waals surface area (Å²) in [5.74, 6) is 0.730. The van der Waals surface area contributed by atoms with Crippen LogP contribution in [0, 0.1) is 5.92 Å². The van der Waals surface area contributed by atoms with Crippen molar-refractivity contribution in [2.24, 2.45) is 11.7 Å². The van der Waals surface area contributed by atoms with Gasteiger partial charge in [-0.25, -0.2) is 0 Å². The molecule has 0 saturated carbocycles. The summed E-state index contributed by atoms with van der Waals surface area (Å²) >= 11 is 0. The smallest absolute Gasteiger partial charge is 0.0600 e. The fourth-order valence-electron chi connectivity index (χ4n) is 2.46. The van der Waals surface area contributed by atoms with E-state index < -0.39 is 0 Å². The Balaban J connectivity index is 2.34. The van der Waals surface area contributed by atoms with Gasteiger partial charge in [0, 0.05) is 19.1 Å². The summed E-state index contributed by atoms with van der Waals surface area (Å²) in [6.07, 6.45) is 2.62. The third-order valence-corrected chi connectivity index (χ3v) is 3.39. The van der Waals surface area contributed by atoms with E-state index in [-0.39, 0.29) is 5.60 Å². The van der Waals surface area contributed by atoms with Crippen LogP contribution in [0.3, 0.4) is 0 Å². The number of hydrogen-bond donors (Lipinski definition) is 1. The fraction of sp³-hybridized carbons (Fsp3) is 1.00. The molecule has 1 aliphatic rings. The minimum atomic E-state index is -0.0282. The zero-order valence-corrected chi connectivity index (χ0v) is 11.3. The molecule has 0 amide bonds. The van der Waals surface area contributed by atoms with Crippen LogP contribution in [0.5, 0.6) is 0 Å². The van der Waals surface area contributed by atoms with Crippen molar-refractivity contribution in [3.8, 4) is 0 Å². The zero-order valence-electron chi connectivity index (χ0n) is 11.3. The third-order valence-electron chi connectivity index (χ3n) is 3.39. The van der Waals surface area contributed by atoms with Crippen molar-refractivity contribution in [2.75, 3.05) is 26.2 Å². The van der Waals surface area contributed by atoms with Crippen LogP contribution in [0.1, 0.15) is 40.5 Å². The van der Waals surface area contributed by atoms with Gasteiger partial charge in [-0.1, -0.05) is 6.92 Å². The van der Waals surface area contributed by atoms with Crippen LogP contribution in [0.25, 0.3) is 0 Å². The summed E-state index contributed by atoms with van der Waals surface area (Å²) in [5, 5.41) is 0. The molecule has 0 bridgehead atoms. The van der Waals surface area contributed by atoms with Crippen LogP contribution >= 0.6 is 0 Å². The molecule has 0 aromatic carbocycles. The quantitative estimate of drug-likeness (QED) is 0.798. The largest absolute Gasteiger partial charge is 0.375 e. The maximum Gasteiger partial charge on any atom is 0.0600 e. The minimum absolute atomic E-state index is 0.0282. The Morgan fingerprint density at radius 1 is 1.38 bits per heavy atom. The standard InChI is InChI=1S/C13H28N2O/c1-11-6-5-7-15(12(11)10-14)8-9-16-13(2,3)4/h11-12H,5-10,14H2,1-4H3. The van der Waals surface area contributed by atoms with E-state index in [1.807, 2.05) is 0 Å². The second kappa shape index (κ2) is 5.99. The van der Waals surface area contributed by atoms with Gasteiger partial charge in [0.2, 0.25) is 0 Å². The monoisotopic (exact) mass is 228 g/mol. The number of nitrogens with zero attached hydrogens (tertiary/aromatic N) is 1. The van der Waals surface area contributed by atoms with Crippen LogP contribution in [0.2, 0.25) is 0 Å². The molecule has 1 fully saturated rings.